The van der Waals surface area contributed by atoms with Crippen molar-refractivity contribution < 1.29 is 4.74 Å². The van der Waals surface area contributed by atoms with Crippen molar-refractivity contribution in [1.29, 1.82) is 0 Å². The highest BCUT2D eigenvalue weighted by Crippen LogP contribution is 2.27. The minimum Gasteiger partial charge on any atom is -0.371 e. The van der Waals surface area contributed by atoms with E-state index >= 15 is 0 Å². The lowest BCUT2D eigenvalue weighted by molar-refractivity contribution is -0.00865. The Kier molecular flexibility index (Phi) is 4.99. The van der Waals surface area contributed by atoms with E-state index in [1.54, 1.807) is 7.11 Å². The number of ether oxygens (including phenoxy) is 1. The van der Waals surface area contributed by atoms with E-state index < -0.39 is 0 Å². The molecule has 1 fully saturated rings. The molecule has 0 bridgehead atoms. The van der Waals surface area contributed by atoms with Gasteiger partial charge < -0.3 is 15.0 Å². The molecule has 2 unspecified atom stereocenters. The molecule has 6 heteroatoms. The highest BCUT2D eigenvalue weighted by Gasteiger charge is 2.30. The molecule has 0 amide bonds. The van der Waals surface area contributed by atoms with Gasteiger partial charge in [0.05, 0.1) is 0 Å². The van der Waals surface area contributed by atoms with E-state index in [1.807, 2.05) is 14.0 Å². The molecule has 1 aromatic heterocycles. The monoisotopic (exact) mass is 281 g/mol. The number of rotatable bonds is 6. The maximum atomic E-state index is 5.57. The van der Waals surface area contributed by atoms with Crippen molar-refractivity contribution in [3.05, 3.63) is 5.82 Å². The highest BCUT2D eigenvalue weighted by molar-refractivity contribution is 5.30. The van der Waals surface area contributed by atoms with Crippen LogP contribution in [0.5, 0.6) is 0 Å². The summed E-state index contributed by atoms with van der Waals surface area (Å²) < 4.78 is 5.57. The van der Waals surface area contributed by atoms with Crippen molar-refractivity contribution in [2.24, 2.45) is 5.92 Å². The summed E-state index contributed by atoms with van der Waals surface area (Å²) in [5.41, 5.74) is -0.384. The second-order valence-corrected chi connectivity index (χ2v) is 5.78. The largest absolute Gasteiger partial charge is 0.371 e. The van der Waals surface area contributed by atoms with Gasteiger partial charge in [0.1, 0.15) is 5.60 Å². The fourth-order valence-corrected chi connectivity index (χ4v) is 2.74. The molecule has 2 rings (SSSR count). The standard InChI is InChI=1S/C14H27N5O/c1-5-14(2,20-4)12-16-13(18-17-12)19-8-6-7-11(10-19)9-15-3/h11,15H,5-10H2,1-4H3,(H,16,17,18). The molecule has 0 spiro atoms. The summed E-state index contributed by atoms with van der Waals surface area (Å²) in [6.45, 7) is 7.24. The van der Waals surface area contributed by atoms with E-state index in [0.29, 0.717) is 5.92 Å². The first-order valence-corrected chi connectivity index (χ1v) is 7.50. The minimum absolute atomic E-state index is 0.384. The Labute approximate surface area is 121 Å². The predicted molar refractivity (Wildman–Crippen MR) is 79.9 cm³/mol. The number of H-pyrrole nitrogens is 1. The third-order valence-electron chi connectivity index (χ3n) is 4.39. The maximum absolute atomic E-state index is 5.57. The lowest BCUT2D eigenvalue weighted by Crippen LogP contribution is -2.39. The summed E-state index contributed by atoms with van der Waals surface area (Å²) in [4.78, 5) is 6.93. The van der Waals surface area contributed by atoms with Gasteiger partial charge in [0, 0.05) is 20.2 Å². The van der Waals surface area contributed by atoms with Gasteiger partial charge in [0.2, 0.25) is 5.95 Å². The Morgan fingerprint density at radius 1 is 1.55 bits per heavy atom. The molecule has 0 aromatic carbocycles. The van der Waals surface area contributed by atoms with Crippen LogP contribution < -0.4 is 10.2 Å². The molecule has 1 saturated heterocycles. The SMILES string of the molecule is CCC(C)(OC)c1nc(N2CCCC(CNC)C2)n[nH]1. The van der Waals surface area contributed by atoms with E-state index in [1.165, 1.54) is 12.8 Å². The summed E-state index contributed by atoms with van der Waals surface area (Å²) in [5.74, 6) is 2.29. The third-order valence-corrected chi connectivity index (χ3v) is 4.39. The zero-order valence-electron chi connectivity index (χ0n) is 13.1. The fraction of sp³-hybridized carbons (Fsp3) is 0.857. The first kappa shape index (κ1) is 15.3. The maximum Gasteiger partial charge on any atom is 0.244 e. The Morgan fingerprint density at radius 3 is 3.00 bits per heavy atom. The van der Waals surface area contributed by atoms with E-state index in [2.05, 4.69) is 32.3 Å². The number of methoxy groups -OCH3 is 1. The van der Waals surface area contributed by atoms with Crippen LogP contribution in [0.2, 0.25) is 0 Å². The fourth-order valence-electron chi connectivity index (χ4n) is 2.74. The molecule has 1 aromatic rings. The molecular weight excluding hydrogens is 254 g/mol. The Morgan fingerprint density at radius 2 is 2.35 bits per heavy atom. The molecule has 0 aliphatic carbocycles. The van der Waals surface area contributed by atoms with Crippen molar-refractivity contribution in [2.45, 2.75) is 38.7 Å². The molecule has 0 radical (unpaired) electrons. The van der Waals surface area contributed by atoms with E-state index in [4.69, 9.17) is 4.74 Å². The van der Waals surface area contributed by atoms with Gasteiger partial charge in [0.15, 0.2) is 5.82 Å². The lowest BCUT2D eigenvalue weighted by Gasteiger charge is -2.31. The topological polar surface area (TPSA) is 66.1 Å². The summed E-state index contributed by atoms with van der Waals surface area (Å²) in [6, 6.07) is 0. The number of nitrogens with zero attached hydrogens (tertiary/aromatic N) is 3. The van der Waals surface area contributed by atoms with Crippen LogP contribution in [0.25, 0.3) is 0 Å². The van der Waals surface area contributed by atoms with Gasteiger partial charge in [-0.05, 0) is 45.7 Å². The van der Waals surface area contributed by atoms with E-state index in [0.717, 1.165) is 37.8 Å². The van der Waals surface area contributed by atoms with Crippen LogP contribution in [-0.4, -0.2) is 49.0 Å². The number of nitrogens with one attached hydrogen (secondary N) is 2. The average Bonchev–Trinajstić information content (AvgIpc) is 2.97. The Bertz CT molecular complexity index is 413. The smallest absolute Gasteiger partial charge is 0.244 e. The Balaban J connectivity index is 2.08. The van der Waals surface area contributed by atoms with Crippen LogP contribution >= 0.6 is 0 Å². The van der Waals surface area contributed by atoms with Gasteiger partial charge in [-0.25, -0.2) is 0 Å². The molecule has 0 saturated carbocycles. The van der Waals surface area contributed by atoms with Crippen molar-refractivity contribution >= 4 is 5.95 Å². The number of aromatic nitrogens is 3. The van der Waals surface area contributed by atoms with Gasteiger partial charge in [-0.2, -0.15) is 4.98 Å². The molecule has 2 heterocycles. The van der Waals surface area contributed by atoms with Gasteiger partial charge >= 0.3 is 0 Å². The van der Waals surface area contributed by atoms with Crippen LogP contribution in [0.4, 0.5) is 5.95 Å². The van der Waals surface area contributed by atoms with Gasteiger partial charge in [-0.3, -0.25) is 5.10 Å². The van der Waals surface area contributed by atoms with E-state index in [9.17, 15) is 0 Å². The van der Waals surface area contributed by atoms with Gasteiger partial charge in [-0.1, -0.05) is 6.92 Å². The number of piperidine rings is 1. The van der Waals surface area contributed by atoms with Crippen LogP contribution in [0.1, 0.15) is 38.9 Å². The summed E-state index contributed by atoms with van der Waals surface area (Å²) in [7, 11) is 3.73. The molecule has 1 aliphatic heterocycles. The molecule has 2 N–H and O–H groups in total. The van der Waals surface area contributed by atoms with Crippen molar-refractivity contribution in [2.75, 3.05) is 38.7 Å². The first-order chi connectivity index (χ1) is 9.62. The average molecular weight is 281 g/mol. The second kappa shape index (κ2) is 6.54. The number of hydrogen-bond acceptors (Lipinski definition) is 5. The van der Waals surface area contributed by atoms with Gasteiger partial charge in [0.25, 0.3) is 0 Å². The second-order valence-electron chi connectivity index (χ2n) is 5.78. The zero-order chi connectivity index (χ0) is 14.6. The summed E-state index contributed by atoms with van der Waals surface area (Å²) in [6.07, 6.45) is 3.34. The molecule has 2 atom stereocenters. The third kappa shape index (κ3) is 3.12. The first-order valence-electron chi connectivity index (χ1n) is 7.50. The lowest BCUT2D eigenvalue weighted by atomic mass is 9.98. The van der Waals surface area contributed by atoms with E-state index in [-0.39, 0.29) is 5.60 Å². The number of aromatic amines is 1. The van der Waals surface area contributed by atoms with Crippen molar-refractivity contribution in [3.63, 3.8) is 0 Å². The summed E-state index contributed by atoms with van der Waals surface area (Å²) >= 11 is 0. The van der Waals surface area contributed by atoms with Crippen LogP contribution in [0, 0.1) is 5.92 Å². The van der Waals surface area contributed by atoms with Crippen molar-refractivity contribution in [1.82, 2.24) is 20.5 Å². The molecule has 1 aliphatic rings. The summed E-state index contributed by atoms with van der Waals surface area (Å²) in [5, 5.41) is 10.7. The quantitative estimate of drug-likeness (QED) is 0.827. The van der Waals surface area contributed by atoms with Gasteiger partial charge in [-0.15, -0.1) is 5.10 Å². The number of anilines is 1. The Hall–Kier alpha value is -1.14. The number of hydrogen-bond donors (Lipinski definition) is 2. The molecule has 114 valence electrons. The molecule has 6 nitrogen and oxygen atoms in total. The molecule has 20 heavy (non-hydrogen) atoms. The minimum atomic E-state index is -0.384. The molecular formula is C14H27N5O. The normalized spacial score (nSPS) is 22.8. The van der Waals surface area contributed by atoms with Crippen molar-refractivity contribution in [3.8, 4) is 0 Å². The van der Waals surface area contributed by atoms with Crippen LogP contribution in [0.3, 0.4) is 0 Å². The van der Waals surface area contributed by atoms with Crippen LogP contribution in [-0.2, 0) is 10.3 Å². The highest BCUT2D eigenvalue weighted by atomic mass is 16.5. The van der Waals surface area contributed by atoms with Crippen LogP contribution in [0.15, 0.2) is 0 Å². The predicted octanol–water partition coefficient (Wildman–Crippen LogP) is 1.51. The zero-order valence-corrected chi connectivity index (χ0v) is 13.1.